The van der Waals surface area contributed by atoms with Crippen molar-refractivity contribution in [1.82, 2.24) is 9.88 Å². The SMILES string of the molecule is CN(Cc1cccc(NCc2nccs2)c1)C(=O)OC(C)(C)C. The minimum atomic E-state index is -0.484. The van der Waals surface area contributed by atoms with E-state index in [0.717, 1.165) is 16.3 Å². The molecule has 0 saturated carbocycles. The third-order valence-electron chi connectivity index (χ3n) is 2.98. The predicted octanol–water partition coefficient (Wildman–Crippen LogP) is 4.12. The molecule has 0 aliphatic carbocycles. The summed E-state index contributed by atoms with van der Waals surface area (Å²) in [5.41, 5.74) is 1.57. The number of ether oxygens (including phenoxy) is 1. The van der Waals surface area contributed by atoms with Gasteiger partial charge in [0.15, 0.2) is 0 Å². The Morgan fingerprint density at radius 3 is 2.83 bits per heavy atom. The van der Waals surface area contributed by atoms with Crippen molar-refractivity contribution < 1.29 is 9.53 Å². The van der Waals surface area contributed by atoms with Gasteiger partial charge in [-0.3, -0.25) is 0 Å². The van der Waals surface area contributed by atoms with Crippen LogP contribution in [0.2, 0.25) is 0 Å². The van der Waals surface area contributed by atoms with Crippen LogP contribution in [0.5, 0.6) is 0 Å². The van der Waals surface area contributed by atoms with Crippen LogP contribution in [0.4, 0.5) is 10.5 Å². The molecule has 0 saturated heterocycles. The summed E-state index contributed by atoms with van der Waals surface area (Å²) in [5, 5.41) is 6.35. The third-order valence-corrected chi connectivity index (χ3v) is 3.76. The first-order valence-corrected chi connectivity index (χ1v) is 8.37. The van der Waals surface area contributed by atoms with Gasteiger partial charge in [0.25, 0.3) is 0 Å². The molecule has 1 aromatic carbocycles. The first-order chi connectivity index (χ1) is 10.8. The van der Waals surface area contributed by atoms with Crippen LogP contribution in [0.1, 0.15) is 31.3 Å². The molecule has 0 bridgehead atoms. The van der Waals surface area contributed by atoms with E-state index in [2.05, 4.69) is 10.3 Å². The molecular formula is C17H23N3O2S. The van der Waals surface area contributed by atoms with Gasteiger partial charge in [-0.15, -0.1) is 11.3 Å². The monoisotopic (exact) mass is 333 g/mol. The van der Waals surface area contributed by atoms with E-state index in [1.54, 1.807) is 29.5 Å². The van der Waals surface area contributed by atoms with Crippen LogP contribution < -0.4 is 5.32 Å². The van der Waals surface area contributed by atoms with Gasteiger partial charge < -0.3 is 15.0 Å². The third kappa shape index (κ3) is 5.90. The Hall–Kier alpha value is -2.08. The molecule has 1 aromatic heterocycles. The van der Waals surface area contributed by atoms with E-state index in [1.807, 2.05) is 50.4 Å². The molecule has 0 spiro atoms. The first-order valence-electron chi connectivity index (χ1n) is 7.49. The number of carbonyl (C=O) groups is 1. The number of hydrogen-bond acceptors (Lipinski definition) is 5. The summed E-state index contributed by atoms with van der Waals surface area (Å²) < 4.78 is 5.36. The molecule has 2 rings (SSSR count). The Labute approximate surface area is 141 Å². The van der Waals surface area contributed by atoms with Crippen LogP contribution in [-0.4, -0.2) is 28.6 Å². The minimum Gasteiger partial charge on any atom is -0.444 e. The Bertz CT molecular complexity index is 636. The molecule has 23 heavy (non-hydrogen) atoms. The molecule has 1 N–H and O–H groups in total. The van der Waals surface area contributed by atoms with E-state index in [9.17, 15) is 4.79 Å². The Morgan fingerprint density at radius 1 is 1.39 bits per heavy atom. The van der Waals surface area contributed by atoms with Crippen LogP contribution in [-0.2, 0) is 17.8 Å². The molecule has 0 aliphatic heterocycles. The van der Waals surface area contributed by atoms with Crippen molar-refractivity contribution in [3.05, 3.63) is 46.4 Å². The Morgan fingerprint density at radius 2 is 2.17 bits per heavy atom. The van der Waals surface area contributed by atoms with Crippen LogP contribution >= 0.6 is 11.3 Å². The van der Waals surface area contributed by atoms with Gasteiger partial charge in [-0.1, -0.05) is 12.1 Å². The number of rotatable bonds is 5. The van der Waals surface area contributed by atoms with Crippen molar-refractivity contribution in [2.75, 3.05) is 12.4 Å². The van der Waals surface area contributed by atoms with E-state index >= 15 is 0 Å². The molecule has 1 heterocycles. The highest BCUT2D eigenvalue weighted by atomic mass is 32.1. The molecule has 2 aromatic rings. The fraction of sp³-hybridized carbons (Fsp3) is 0.412. The molecule has 5 nitrogen and oxygen atoms in total. The molecular weight excluding hydrogens is 310 g/mol. The van der Waals surface area contributed by atoms with Crippen LogP contribution in [0.25, 0.3) is 0 Å². The number of anilines is 1. The number of benzene rings is 1. The summed E-state index contributed by atoms with van der Waals surface area (Å²) in [6, 6.07) is 8.01. The fourth-order valence-electron chi connectivity index (χ4n) is 1.98. The zero-order valence-electron chi connectivity index (χ0n) is 14.0. The second-order valence-electron chi connectivity index (χ2n) is 6.32. The Balaban J connectivity index is 1.92. The molecule has 1 amide bonds. The summed E-state index contributed by atoms with van der Waals surface area (Å²) >= 11 is 1.62. The van der Waals surface area contributed by atoms with E-state index in [1.165, 1.54) is 0 Å². The van der Waals surface area contributed by atoms with Gasteiger partial charge in [0.05, 0.1) is 6.54 Å². The number of nitrogens with one attached hydrogen (secondary N) is 1. The van der Waals surface area contributed by atoms with Gasteiger partial charge in [0.1, 0.15) is 10.6 Å². The lowest BCUT2D eigenvalue weighted by Crippen LogP contribution is -2.33. The number of hydrogen-bond donors (Lipinski definition) is 1. The smallest absolute Gasteiger partial charge is 0.410 e. The maximum atomic E-state index is 12.0. The Kier molecular flexibility index (Phi) is 5.60. The standard InChI is InChI=1S/C17H23N3O2S/c1-17(2,3)22-16(21)20(4)12-13-6-5-7-14(10-13)19-11-15-18-8-9-23-15/h5-10,19H,11-12H2,1-4H3. The largest absolute Gasteiger partial charge is 0.444 e. The summed E-state index contributed by atoms with van der Waals surface area (Å²) in [7, 11) is 1.74. The quantitative estimate of drug-likeness (QED) is 0.894. The predicted molar refractivity (Wildman–Crippen MR) is 93.6 cm³/mol. The van der Waals surface area contributed by atoms with Crippen molar-refractivity contribution in [2.45, 2.75) is 39.5 Å². The lowest BCUT2D eigenvalue weighted by atomic mass is 10.2. The summed E-state index contributed by atoms with van der Waals surface area (Å²) in [6.45, 7) is 6.79. The molecule has 124 valence electrons. The van der Waals surface area contributed by atoms with E-state index in [4.69, 9.17) is 4.74 Å². The highest BCUT2D eigenvalue weighted by molar-refractivity contribution is 7.09. The molecule has 0 aliphatic rings. The number of amides is 1. The molecule has 0 radical (unpaired) electrons. The van der Waals surface area contributed by atoms with Gasteiger partial charge >= 0.3 is 6.09 Å². The minimum absolute atomic E-state index is 0.321. The van der Waals surface area contributed by atoms with E-state index < -0.39 is 5.60 Å². The maximum Gasteiger partial charge on any atom is 0.410 e. The van der Waals surface area contributed by atoms with Crippen LogP contribution in [0, 0.1) is 0 Å². The topological polar surface area (TPSA) is 54.5 Å². The molecule has 0 unspecified atom stereocenters. The van der Waals surface area contributed by atoms with Crippen molar-refractivity contribution in [3.63, 3.8) is 0 Å². The van der Waals surface area contributed by atoms with Gasteiger partial charge in [0, 0.05) is 30.9 Å². The molecule has 0 atom stereocenters. The first kappa shape index (κ1) is 17.3. The van der Waals surface area contributed by atoms with Crippen molar-refractivity contribution in [3.8, 4) is 0 Å². The second-order valence-corrected chi connectivity index (χ2v) is 7.30. The van der Waals surface area contributed by atoms with Gasteiger partial charge in [0.2, 0.25) is 0 Å². The summed E-state index contributed by atoms with van der Waals surface area (Å²) in [5.74, 6) is 0. The maximum absolute atomic E-state index is 12.0. The van der Waals surface area contributed by atoms with E-state index in [0.29, 0.717) is 13.1 Å². The zero-order chi connectivity index (χ0) is 16.9. The zero-order valence-corrected chi connectivity index (χ0v) is 14.8. The lowest BCUT2D eigenvalue weighted by molar-refractivity contribution is 0.0285. The highest BCUT2D eigenvalue weighted by Gasteiger charge is 2.19. The second kappa shape index (κ2) is 7.46. The normalized spacial score (nSPS) is 11.1. The number of nitrogens with zero attached hydrogens (tertiary/aromatic N) is 2. The van der Waals surface area contributed by atoms with Crippen molar-refractivity contribution >= 4 is 23.1 Å². The number of carbonyl (C=O) groups excluding carboxylic acids is 1. The summed E-state index contributed by atoms with van der Waals surface area (Å²) in [6.07, 6.45) is 1.48. The number of aromatic nitrogens is 1. The van der Waals surface area contributed by atoms with Gasteiger partial charge in [-0.25, -0.2) is 9.78 Å². The van der Waals surface area contributed by atoms with Crippen LogP contribution in [0.3, 0.4) is 0 Å². The molecule has 0 fully saturated rings. The number of thiazole rings is 1. The molecule has 6 heteroatoms. The average Bonchev–Trinajstić information content (AvgIpc) is 2.97. The summed E-state index contributed by atoms with van der Waals surface area (Å²) in [4.78, 5) is 17.8. The van der Waals surface area contributed by atoms with Gasteiger partial charge in [-0.2, -0.15) is 0 Å². The van der Waals surface area contributed by atoms with Crippen LogP contribution in [0.15, 0.2) is 35.8 Å². The fourth-order valence-corrected chi connectivity index (χ4v) is 2.53. The highest BCUT2D eigenvalue weighted by Crippen LogP contribution is 2.16. The van der Waals surface area contributed by atoms with E-state index in [-0.39, 0.29) is 6.09 Å². The van der Waals surface area contributed by atoms with Gasteiger partial charge in [-0.05, 0) is 38.5 Å². The van der Waals surface area contributed by atoms with Crippen molar-refractivity contribution in [1.29, 1.82) is 0 Å². The lowest BCUT2D eigenvalue weighted by Gasteiger charge is -2.24. The van der Waals surface area contributed by atoms with Crippen molar-refractivity contribution in [2.24, 2.45) is 0 Å². The average molecular weight is 333 g/mol.